The lowest BCUT2D eigenvalue weighted by atomic mass is 9.83. The molecule has 1 fully saturated rings. The lowest BCUT2D eigenvalue weighted by Gasteiger charge is -2.44. The molecular formula is C35H37N5O2S. The Labute approximate surface area is 257 Å². The van der Waals surface area contributed by atoms with Crippen LogP contribution >= 0.6 is 12.2 Å². The van der Waals surface area contributed by atoms with E-state index in [1.54, 1.807) is 6.07 Å². The molecule has 6 rings (SSSR count). The molecule has 3 N–H and O–H groups in total. The Kier molecular flexibility index (Phi) is 8.04. The molecule has 2 atom stereocenters. The fourth-order valence-corrected chi connectivity index (χ4v) is 6.70. The van der Waals surface area contributed by atoms with E-state index in [0.29, 0.717) is 23.1 Å². The number of carbonyl (C=O) groups is 1. The van der Waals surface area contributed by atoms with Crippen LogP contribution in [0.4, 0.5) is 17.1 Å². The molecule has 3 heterocycles. The number of thiocarbonyl (C=S) groups is 1. The van der Waals surface area contributed by atoms with Crippen LogP contribution in [-0.2, 0) is 13.1 Å². The second-order valence-corrected chi connectivity index (χ2v) is 12.4. The molecule has 0 radical (unpaired) electrons. The van der Waals surface area contributed by atoms with Gasteiger partial charge in [-0.25, -0.2) is 0 Å². The van der Waals surface area contributed by atoms with Gasteiger partial charge in [0.25, 0.3) is 11.5 Å². The Morgan fingerprint density at radius 3 is 2.40 bits per heavy atom. The third-order valence-corrected chi connectivity index (χ3v) is 8.58. The third kappa shape index (κ3) is 6.49. The summed E-state index contributed by atoms with van der Waals surface area (Å²) in [5.74, 6) is 0.469. The van der Waals surface area contributed by atoms with Gasteiger partial charge >= 0.3 is 0 Å². The number of carbonyl (C=O) groups excluding carboxylic acids is 1. The zero-order valence-corrected chi connectivity index (χ0v) is 25.6. The van der Waals surface area contributed by atoms with Crippen LogP contribution in [0.2, 0.25) is 0 Å². The molecule has 0 spiro atoms. The van der Waals surface area contributed by atoms with Crippen molar-refractivity contribution in [2.45, 2.75) is 46.2 Å². The second kappa shape index (κ2) is 12.1. The maximum Gasteiger partial charge on any atom is 0.251 e. The number of nitrogens with one attached hydrogen (secondary N) is 3. The summed E-state index contributed by atoms with van der Waals surface area (Å²) in [5, 5.41) is 10.2. The number of amides is 1. The van der Waals surface area contributed by atoms with Gasteiger partial charge < -0.3 is 25.4 Å². The van der Waals surface area contributed by atoms with Crippen LogP contribution in [-0.4, -0.2) is 28.7 Å². The zero-order valence-electron chi connectivity index (χ0n) is 24.8. The number of piperidine rings is 1. The van der Waals surface area contributed by atoms with Crippen LogP contribution in [0.25, 0.3) is 0 Å². The van der Waals surface area contributed by atoms with Crippen molar-refractivity contribution in [1.29, 1.82) is 0 Å². The highest BCUT2D eigenvalue weighted by atomic mass is 32.1. The Morgan fingerprint density at radius 2 is 1.63 bits per heavy atom. The molecule has 0 saturated carbocycles. The van der Waals surface area contributed by atoms with E-state index in [4.69, 9.17) is 12.2 Å². The summed E-state index contributed by atoms with van der Waals surface area (Å²) in [4.78, 5) is 28.2. The largest absolute Gasteiger partial charge is 0.369 e. The van der Waals surface area contributed by atoms with E-state index in [0.717, 1.165) is 65.5 Å². The summed E-state index contributed by atoms with van der Waals surface area (Å²) in [6.45, 7) is 8.94. The van der Waals surface area contributed by atoms with Gasteiger partial charge in [0, 0.05) is 55.1 Å². The minimum atomic E-state index is -0.146. The molecule has 43 heavy (non-hydrogen) atoms. The Balaban J connectivity index is 1.27. The minimum Gasteiger partial charge on any atom is -0.369 e. The van der Waals surface area contributed by atoms with Crippen molar-refractivity contribution < 1.29 is 4.79 Å². The fourth-order valence-electron chi connectivity index (χ4n) is 6.47. The van der Waals surface area contributed by atoms with Crippen LogP contribution < -0.4 is 26.4 Å². The summed E-state index contributed by atoms with van der Waals surface area (Å²) < 4.78 is 1.94. The van der Waals surface area contributed by atoms with E-state index < -0.39 is 0 Å². The smallest absolute Gasteiger partial charge is 0.251 e. The van der Waals surface area contributed by atoms with Crippen molar-refractivity contribution in [3.05, 3.63) is 123 Å². The summed E-state index contributed by atoms with van der Waals surface area (Å²) in [7, 11) is 0. The van der Waals surface area contributed by atoms with Gasteiger partial charge in [0.05, 0.1) is 11.4 Å². The quantitative estimate of drug-likeness (QED) is 0.234. The molecular weight excluding hydrogens is 554 g/mol. The van der Waals surface area contributed by atoms with Gasteiger partial charge in [-0.2, -0.15) is 0 Å². The van der Waals surface area contributed by atoms with Crippen LogP contribution in [0.15, 0.2) is 83.7 Å². The normalized spacial score (nSPS) is 17.1. The van der Waals surface area contributed by atoms with Gasteiger partial charge in [0.2, 0.25) is 0 Å². The third-order valence-electron chi connectivity index (χ3n) is 8.38. The molecule has 3 aromatic carbocycles. The minimum absolute atomic E-state index is 0.0758. The van der Waals surface area contributed by atoms with Crippen LogP contribution in [0, 0.1) is 26.7 Å². The van der Waals surface area contributed by atoms with Gasteiger partial charge in [-0.15, -0.1) is 0 Å². The molecule has 2 unspecified atom stereocenters. The summed E-state index contributed by atoms with van der Waals surface area (Å²) in [6, 6.07) is 25.8. The lowest BCUT2D eigenvalue weighted by Crippen LogP contribution is -2.47. The molecule has 220 valence electrons. The molecule has 4 aromatic rings. The van der Waals surface area contributed by atoms with Gasteiger partial charge in [-0.1, -0.05) is 42.0 Å². The predicted octanol–water partition coefficient (Wildman–Crippen LogP) is 6.14. The van der Waals surface area contributed by atoms with E-state index in [-0.39, 0.29) is 17.4 Å². The molecule has 1 amide bonds. The number of rotatable bonds is 6. The van der Waals surface area contributed by atoms with Crippen molar-refractivity contribution in [2.24, 2.45) is 5.92 Å². The first-order valence-corrected chi connectivity index (χ1v) is 15.2. The molecule has 2 aliphatic rings. The highest BCUT2D eigenvalue weighted by molar-refractivity contribution is 7.80. The molecule has 7 nitrogen and oxygen atoms in total. The van der Waals surface area contributed by atoms with Gasteiger partial charge in [0.15, 0.2) is 5.11 Å². The van der Waals surface area contributed by atoms with E-state index >= 15 is 0 Å². The summed E-state index contributed by atoms with van der Waals surface area (Å²) in [6.07, 6.45) is 1.06. The summed E-state index contributed by atoms with van der Waals surface area (Å²) in [5.41, 5.74) is 8.94. The number of hydrogen-bond donors (Lipinski definition) is 3. The number of benzene rings is 3. The maximum atomic E-state index is 13.3. The van der Waals surface area contributed by atoms with E-state index in [2.05, 4.69) is 59.0 Å². The van der Waals surface area contributed by atoms with Crippen LogP contribution in [0.1, 0.15) is 50.6 Å². The van der Waals surface area contributed by atoms with Crippen molar-refractivity contribution in [3.63, 3.8) is 0 Å². The lowest BCUT2D eigenvalue weighted by molar-refractivity contribution is 0.0951. The average molecular weight is 592 g/mol. The maximum absolute atomic E-state index is 13.3. The average Bonchev–Trinajstić information content (AvgIpc) is 2.96. The number of aromatic nitrogens is 1. The Bertz CT molecular complexity index is 1730. The van der Waals surface area contributed by atoms with Crippen molar-refractivity contribution >= 4 is 40.3 Å². The SMILES string of the molecule is Cc1ccc(CNC(=O)c2ccc(N3CC4CC(C3)c3cccc(=O)n3C4)c(NC(=S)Nc3cc(C)cc(C)c3)c2)cc1. The van der Waals surface area contributed by atoms with Crippen molar-refractivity contribution in [1.82, 2.24) is 9.88 Å². The number of pyridine rings is 1. The van der Waals surface area contributed by atoms with Crippen molar-refractivity contribution in [2.75, 3.05) is 28.6 Å². The Hall–Kier alpha value is -4.43. The predicted molar refractivity (Wildman–Crippen MR) is 178 cm³/mol. The standard InChI is InChI=1S/C35H37N5O2S/c1-22-7-9-25(10-8-22)18-36-34(42)27-11-12-32(30(17-27)38-35(43)37-29-14-23(2)13-24(3)15-29)39-19-26-16-28(21-39)31-5-4-6-33(41)40(31)20-26/h4-15,17,26,28H,16,18-21H2,1-3H3,(H,36,42)(H2,37,38,43). The van der Waals surface area contributed by atoms with E-state index in [9.17, 15) is 9.59 Å². The second-order valence-electron chi connectivity index (χ2n) is 12.0. The summed E-state index contributed by atoms with van der Waals surface area (Å²) >= 11 is 5.77. The molecule has 0 aliphatic carbocycles. The molecule has 2 aliphatic heterocycles. The monoisotopic (exact) mass is 591 g/mol. The van der Waals surface area contributed by atoms with Crippen LogP contribution in [0.5, 0.6) is 0 Å². The zero-order chi connectivity index (χ0) is 30.1. The highest BCUT2D eigenvalue weighted by Crippen LogP contribution is 2.39. The molecule has 1 aromatic heterocycles. The Morgan fingerprint density at radius 1 is 0.860 bits per heavy atom. The highest BCUT2D eigenvalue weighted by Gasteiger charge is 2.35. The van der Waals surface area contributed by atoms with E-state index in [1.807, 2.05) is 60.0 Å². The number of hydrogen-bond acceptors (Lipinski definition) is 4. The number of aryl methyl sites for hydroxylation is 3. The van der Waals surface area contributed by atoms with Crippen LogP contribution in [0.3, 0.4) is 0 Å². The van der Waals surface area contributed by atoms with Crippen molar-refractivity contribution in [3.8, 4) is 0 Å². The first-order chi connectivity index (χ1) is 20.7. The fraction of sp³-hybridized carbons (Fsp3) is 0.286. The first kappa shape index (κ1) is 28.7. The number of nitrogens with zero attached hydrogens (tertiary/aromatic N) is 2. The molecule has 1 saturated heterocycles. The number of anilines is 3. The first-order valence-electron chi connectivity index (χ1n) is 14.8. The van der Waals surface area contributed by atoms with Gasteiger partial charge in [-0.05, 0) is 98.4 Å². The van der Waals surface area contributed by atoms with E-state index in [1.165, 1.54) is 5.56 Å². The topological polar surface area (TPSA) is 78.4 Å². The molecule has 2 bridgehead atoms. The van der Waals surface area contributed by atoms with Gasteiger partial charge in [-0.3, -0.25) is 9.59 Å². The number of fused-ring (bicyclic) bond motifs is 4. The van der Waals surface area contributed by atoms with Gasteiger partial charge in [0.1, 0.15) is 0 Å². The molecule has 8 heteroatoms.